The van der Waals surface area contributed by atoms with Crippen LogP contribution in [0.5, 0.6) is 0 Å². The number of aromatic nitrogens is 1. The Bertz CT molecular complexity index is 740. The van der Waals surface area contributed by atoms with Crippen molar-refractivity contribution in [1.82, 2.24) is 4.98 Å². The molecule has 6 heteroatoms. The zero-order chi connectivity index (χ0) is 16.2. The van der Waals surface area contributed by atoms with Crippen LogP contribution in [0.3, 0.4) is 0 Å². The third kappa shape index (κ3) is 3.98. The van der Waals surface area contributed by atoms with Crippen molar-refractivity contribution in [1.29, 1.82) is 0 Å². The monoisotopic (exact) mass is 319 g/mol. The van der Waals surface area contributed by atoms with E-state index in [1.54, 1.807) is 31.2 Å². The first kappa shape index (κ1) is 16.3. The molecule has 2 aromatic rings. The van der Waals surface area contributed by atoms with Crippen LogP contribution in [0.25, 0.3) is 0 Å². The van der Waals surface area contributed by atoms with Crippen LogP contribution in [0.15, 0.2) is 41.4 Å². The maximum atomic E-state index is 12.4. The van der Waals surface area contributed by atoms with Gasteiger partial charge in [-0.05, 0) is 44.0 Å². The lowest BCUT2D eigenvalue weighted by Gasteiger charge is -2.11. The van der Waals surface area contributed by atoms with Gasteiger partial charge in [0.15, 0.2) is 0 Å². The summed E-state index contributed by atoms with van der Waals surface area (Å²) in [5, 5.41) is 3.14. The van der Waals surface area contributed by atoms with Gasteiger partial charge in [-0.15, -0.1) is 0 Å². The molecule has 0 aliphatic heterocycles. The van der Waals surface area contributed by atoms with E-state index in [1.165, 1.54) is 6.20 Å². The molecule has 0 unspecified atom stereocenters. The molecule has 118 valence electrons. The summed E-state index contributed by atoms with van der Waals surface area (Å²) < 4.78 is 27.4. The zero-order valence-corrected chi connectivity index (χ0v) is 13.9. The molecular formula is C16H21N3O2S. The van der Waals surface area contributed by atoms with Crippen molar-refractivity contribution < 1.29 is 8.42 Å². The highest BCUT2D eigenvalue weighted by atomic mass is 32.2. The fourth-order valence-electron chi connectivity index (χ4n) is 2.12. The summed E-state index contributed by atoms with van der Waals surface area (Å²) in [6.07, 6.45) is 2.52. The molecule has 0 amide bonds. The summed E-state index contributed by atoms with van der Waals surface area (Å²) in [7, 11) is -3.60. The van der Waals surface area contributed by atoms with Gasteiger partial charge in [-0.2, -0.15) is 0 Å². The van der Waals surface area contributed by atoms with Gasteiger partial charge in [0.2, 0.25) is 0 Å². The van der Waals surface area contributed by atoms with Crippen LogP contribution >= 0.6 is 0 Å². The summed E-state index contributed by atoms with van der Waals surface area (Å²) in [6.45, 7) is 6.63. The Hall–Kier alpha value is -2.08. The highest BCUT2D eigenvalue weighted by molar-refractivity contribution is 7.92. The number of hydrogen-bond donors (Lipinski definition) is 2. The normalized spacial score (nSPS) is 11.2. The van der Waals surface area contributed by atoms with Crippen LogP contribution in [0.2, 0.25) is 0 Å². The number of sulfonamides is 1. The van der Waals surface area contributed by atoms with Crippen molar-refractivity contribution in [2.45, 2.75) is 32.1 Å². The molecule has 1 heterocycles. The van der Waals surface area contributed by atoms with Crippen LogP contribution in [-0.4, -0.2) is 19.9 Å². The van der Waals surface area contributed by atoms with Gasteiger partial charge in [0.25, 0.3) is 10.0 Å². The molecule has 5 nitrogen and oxygen atoms in total. The second kappa shape index (κ2) is 6.79. The molecule has 2 rings (SSSR count). The van der Waals surface area contributed by atoms with E-state index in [-0.39, 0.29) is 4.90 Å². The largest absolute Gasteiger partial charge is 0.370 e. The number of anilines is 2. The number of hydrogen-bond acceptors (Lipinski definition) is 4. The predicted octanol–water partition coefficient (Wildman–Crippen LogP) is 3.32. The van der Waals surface area contributed by atoms with Gasteiger partial charge >= 0.3 is 0 Å². The van der Waals surface area contributed by atoms with Gasteiger partial charge < -0.3 is 5.32 Å². The molecule has 0 saturated heterocycles. The van der Waals surface area contributed by atoms with Crippen molar-refractivity contribution >= 4 is 21.5 Å². The molecule has 0 spiro atoms. The van der Waals surface area contributed by atoms with Crippen LogP contribution in [0.4, 0.5) is 11.5 Å². The third-order valence-corrected chi connectivity index (χ3v) is 4.73. The summed E-state index contributed by atoms with van der Waals surface area (Å²) in [4.78, 5) is 4.48. The Balaban J connectivity index is 2.18. The molecule has 1 aromatic carbocycles. The van der Waals surface area contributed by atoms with Gasteiger partial charge in [-0.1, -0.05) is 24.6 Å². The lowest BCUT2D eigenvalue weighted by Crippen LogP contribution is -2.14. The Morgan fingerprint density at radius 3 is 2.50 bits per heavy atom. The summed E-state index contributed by atoms with van der Waals surface area (Å²) in [5.74, 6) is 0.733. The minimum atomic E-state index is -3.60. The molecule has 0 saturated carbocycles. The molecule has 0 aliphatic rings. The van der Waals surface area contributed by atoms with Gasteiger partial charge in [0.1, 0.15) is 5.82 Å². The van der Waals surface area contributed by atoms with Gasteiger partial charge in [-0.25, -0.2) is 13.4 Å². The minimum absolute atomic E-state index is 0.284. The third-order valence-electron chi connectivity index (χ3n) is 3.19. The maximum absolute atomic E-state index is 12.4. The van der Waals surface area contributed by atoms with E-state index in [4.69, 9.17) is 0 Å². The number of aryl methyl sites for hydroxylation is 2. The number of nitrogens with zero attached hydrogens (tertiary/aromatic N) is 1. The molecule has 0 fully saturated rings. The van der Waals surface area contributed by atoms with Gasteiger partial charge in [0, 0.05) is 6.54 Å². The standard InChI is InChI=1S/C16H21N3O2S/c1-4-9-17-16-8-6-14(11-18-16)19-22(20,21)15-7-5-12(2)10-13(15)3/h5-8,10-11,19H,4,9H2,1-3H3,(H,17,18). The summed E-state index contributed by atoms with van der Waals surface area (Å²) >= 11 is 0. The highest BCUT2D eigenvalue weighted by Crippen LogP contribution is 2.20. The first-order valence-corrected chi connectivity index (χ1v) is 8.70. The number of rotatable bonds is 6. The van der Waals surface area contributed by atoms with Crippen molar-refractivity contribution in [3.63, 3.8) is 0 Å². The lowest BCUT2D eigenvalue weighted by atomic mass is 10.2. The number of pyridine rings is 1. The molecule has 1 aromatic heterocycles. The van der Waals surface area contributed by atoms with E-state index in [0.29, 0.717) is 5.69 Å². The summed E-state index contributed by atoms with van der Waals surface area (Å²) in [6, 6.07) is 8.72. The summed E-state index contributed by atoms with van der Waals surface area (Å²) in [5.41, 5.74) is 2.20. The Labute approximate surface area is 131 Å². The SMILES string of the molecule is CCCNc1ccc(NS(=O)(=O)c2ccc(C)cc2C)cn1. The number of benzene rings is 1. The molecular weight excluding hydrogens is 298 g/mol. The quantitative estimate of drug-likeness (QED) is 0.857. The van der Waals surface area contributed by atoms with Gasteiger partial charge in [0.05, 0.1) is 16.8 Å². The predicted molar refractivity (Wildman–Crippen MR) is 89.7 cm³/mol. The van der Waals surface area contributed by atoms with Crippen molar-refractivity contribution in [2.24, 2.45) is 0 Å². The molecule has 0 bridgehead atoms. The Morgan fingerprint density at radius 2 is 1.91 bits per heavy atom. The molecule has 0 aliphatic carbocycles. The van der Waals surface area contributed by atoms with Crippen LogP contribution in [-0.2, 0) is 10.0 Å². The van der Waals surface area contributed by atoms with Crippen LogP contribution in [0, 0.1) is 13.8 Å². The number of nitrogens with one attached hydrogen (secondary N) is 2. The van der Waals surface area contributed by atoms with Gasteiger partial charge in [-0.3, -0.25) is 4.72 Å². The topological polar surface area (TPSA) is 71.1 Å². The lowest BCUT2D eigenvalue weighted by molar-refractivity contribution is 0.600. The smallest absolute Gasteiger partial charge is 0.262 e. The van der Waals surface area contributed by atoms with Crippen molar-refractivity contribution in [3.05, 3.63) is 47.7 Å². The van der Waals surface area contributed by atoms with Crippen molar-refractivity contribution in [2.75, 3.05) is 16.6 Å². The van der Waals surface area contributed by atoms with E-state index in [9.17, 15) is 8.42 Å². The van der Waals surface area contributed by atoms with Crippen LogP contribution < -0.4 is 10.0 Å². The second-order valence-electron chi connectivity index (χ2n) is 5.23. The molecule has 2 N–H and O–H groups in total. The fraction of sp³-hybridized carbons (Fsp3) is 0.312. The van der Waals surface area contributed by atoms with E-state index < -0.39 is 10.0 Å². The first-order valence-electron chi connectivity index (χ1n) is 7.22. The molecule has 22 heavy (non-hydrogen) atoms. The first-order chi connectivity index (χ1) is 10.4. The van der Waals surface area contributed by atoms with Crippen LogP contribution in [0.1, 0.15) is 24.5 Å². The molecule has 0 atom stereocenters. The maximum Gasteiger partial charge on any atom is 0.262 e. The van der Waals surface area contributed by atoms with E-state index in [1.807, 2.05) is 13.0 Å². The van der Waals surface area contributed by atoms with E-state index >= 15 is 0 Å². The Kier molecular flexibility index (Phi) is 5.03. The average molecular weight is 319 g/mol. The second-order valence-corrected chi connectivity index (χ2v) is 6.88. The average Bonchev–Trinajstić information content (AvgIpc) is 2.45. The van der Waals surface area contributed by atoms with E-state index in [2.05, 4.69) is 21.9 Å². The zero-order valence-electron chi connectivity index (χ0n) is 13.1. The minimum Gasteiger partial charge on any atom is -0.370 e. The highest BCUT2D eigenvalue weighted by Gasteiger charge is 2.16. The van der Waals surface area contributed by atoms with Crippen molar-refractivity contribution in [3.8, 4) is 0 Å². The van der Waals surface area contributed by atoms with E-state index in [0.717, 1.165) is 29.9 Å². The Morgan fingerprint density at radius 1 is 1.14 bits per heavy atom. The molecule has 0 radical (unpaired) electrons. The fourth-order valence-corrected chi connectivity index (χ4v) is 3.39.